The summed E-state index contributed by atoms with van der Waals surface area (Å²) in [6.07, 6.45) is 0. The maximum Gasteiger partial charge on any atom is 0.255 e. The Bertz CT molecular complexity index is 1090. The van der Waals surface area contributed by atoms with E-state index < -0.39 is 0 Å². The molecule has 0 atom stereocenters. The van der Waals surface area contributed by atoms with Gasteiger partial charge in [-0.2, -0.15) is 0 Å². The van der Waals surface area contributed by atoms with Crippen molar-refractivity contribution >= 4 is 40.7 Å². The van der Waals surface area contributed by atoms with Gasteiger partial charge in [0.15, 0.2) is 5.16 Å². The molecule has 140 valence electrons. The van der Waals surface area contributed by atoms with Crippen LogP contribution in [0.15, 0.2) is 34.2 Å². The minimum Gasteiger partial charge on any atom is -0.326 e. The van der Waals surface area contributed by atoms with E-state index in [0.29, 0.717) is 27.9 Å². The van der Waals surface area contributed by atoms with Gasteiger partial charge in [-0.3, -0.25) is 23.8 Å². The molecule has 3 N–H and O–H groups in total. The molecule has 0 bridgehead atoms. The molecule has 2 aromatic heterocycles. The average molecular weight is 386 g/mol. The number of aromatic nitrogens is 4. The molecule has 27 heavy (non-hydrogen) atoms. The number of hydrogen-bond acceptors (Lipinski definition) is 6. The maximum absolute atomic E-state index is 12.2. The van der Waals surface area contributed by atoms with Gasteiger partial charge in [0.25, 0.3) is 5.56 Å². The molecule has 3 rings (SSSR count). The number of nitrogens with one attached hydrogen (secondary N) is 3. The van der Waals surface area contributed by atoms with E-state index >= 15 is 0 Å². The molecule has 3 aromatic rings. The van der Waals surface area contributed by atoms with E-state index in [0.717, 1.165) is 5.69 Å². The summed E-state index contributed by atoms with van der Waals surface area (Å²) in [7, 11) is 0. The van der Waals surface area contributed by atoms with Gasteiger partial charge >= 0.3 is 0 Å². The number of rotatable bonds is 5. The van der Waals surface area contributed by atoms with Crippen LogP contribution in [0.2, 0.25) is 0 Å². The van der Waals surface area contributed by atoms with Crippen molar-refractivity contribution in [3.63, 3.8) is 0 Å². The molecule has 0 saturated heterocycles. The van der Waals surface area contributed by atoms with Crippen molar-refractivity contribution in [3.05, 3.63) is 45.9 Å². The highest BCUT2D eigenvalue weighted by molar-refractivity contribution is 7.99. The normalized spacial score (nSPS) is 10.8. The lowest BCUT2D eigenvalue weighted by molar-refractivity contribution is -0.114. The minimum absolute atomic E-state index is 0.114. The first-order valence-corrected chi connectivity index (χ1v) is 9.08. The molecule has 0 saturated carbocycles. The van der Waals surface area contributed by atoms with Gasteiger partial charge in [0.05, 0.1) is 5.75 Å². The van der Waals surface area contributed by atoms with Crippen molar-refractivity contribution in [2.75, 3.05) is 16.4 Å². The third kappa shape index (κ3) is 4.17. The topological polar surface area (TPSA) is 121 Å². The Morgan fingerprint density at radius 1 is 1.19 bits per heavy atom. The monoisotopic (exact) mass is 386 g/mol. The van der Waals surface area contributed by atoms with Crippen LogP contribution in [0.4, 0.5) is 11.4 Å². The van der Waals surface area contributed by atoms with Crippen molar-refractivity contribution in [2.24, 2.45) is 0 Å². The first-order valence-electron chi connectivity index (χ1n) is 8.10. The summed E-state index contributed by atoms with van der Waals surface area (Å²) in [5.74, 6) is 0.0453. The zero-order valence-corrected chi connectivity index (χ0v) is 15.8. The van der Waals surface area contributed by atoms with Gasteiger partial charge in [0, 0.05) is 29.6 Å². The van der Waals surface area contributed by atoms with Crippen LogP contribution in [0.25, 0.3) is 5.78 Å². The Kier molecular flexibility index (Phi) is 5.26. The fourth-order valence-electron chi connectivity index (χ4n) is 2.48. The van der Waals surface area contributed by atoms with Gasteiger partial charge in [0.1, 0.15) is 0 Å². The largest absolute Gasteiger partial charge is 0.326 e. The highest BCUT2D eigenvalue weighted by atomic mass is 32.2. The summed E-state index contributed by atoms with van der Waals surface area (Å²) in [4.78, 5) is 37.8. The van der Waals surface area contributed by atoms with Gasteiger partial charge in [-0.25, -0.2) is 0 Å². The van der Waals surface area contributed by atoms with Crippen LogP contribution in [0.1, 0.15) is 18.2 Å². The molecule has 0 radical (unpaired) electrons. The molecular weight excluding hydrogens is 368 g/mol. The standard InChI is InChI=1S/C17H18N6O3S/c1-9-10(2)23-16(20-15(9)26)21-22-17(23)27-8-14(25)19-13-6-4-5-12(7-13)18-11(3)24/h4-7H,8H2,1-3H3,(H,18,24)(H,19,25)(H,20,21,26). The van der Waals surface area contributed by atoms with Crippen molar-refractivity contribution in [1.82, 2.24) is 19.6 Å². The molecule has 0 aliphatic carbocycles. The summed E-state index contributed by atoms with van der Waals surface area (Å²) in [6, 6.07) is 6.88. The summed E-state index contributed by atoms with van der Waals surface area (Å²) < 4.78 is 1.71. The summed E-state index contributed by atoms with van der Waals surface area (Å²) in [5, 5.41) is 13.9. The van der Waals surface area contributed by atoms with E-state index in [1.54, 1.807) is 42.5 Å². The van der Waals surface area contributed by atoms with Gasteiger partial charge in [0.2, 0.25) is 17.6 Å². The van der Waals surface area contributed by atoms with Crippen LogP contribution in [0.5, 0.6) is 0 Å². The number of carbonyl (C=O) groups excluding carboxylic acids is 2. The van der Waals surface area contributed by atoms with Gasteiger partial charge in [-0.05, 0) is 32.0 Å². The van der Waals surface area contributed by atoms with E-state index in [-0.39, 0.29) is 23.1 Å². The maximum atomic E-state index is 12.2. The number of anilines is 2. The number of nitrogens with zero attached hydrogens (tertiary/aromatic N) is 3. The van der Waals surface area contributed by atoms with Crippen molar-refractivity contribution in [3.8, 4) is 0 Å². The second-order valence-electron chi connectivity index (χ2n) is 5.90. The predicted molar refractivity (Wildman–Crippen MR) is 103 cm³/mol. The third-order valence-corrected chi connectivity index (χ3v) is 4.81. The summed E-state index contributed by atoms with van der Waals surface area (Å²) >= 11 is 1.21. The number of aromatic amines is 1. The van der Waals surface area contributed by atoms with Crippen LogP contribution in [-0.2, 0) is 9.59 Å². The SMILES string of the molecule is CC(=O)Nc1cccc(NC(=O)CSc2nnc3[nH]c(=O)c(C)c(C)n23)c1. The lowest BCUT2D eigenvalue weighted by Gasteiger charge is -2.08. The zero-order valence-electron chi connectivity index (χ0n) is 15.0. The van der Waals surface area contributed by atoms with Crippen LogP contribution in [0, 0.1) is 13.8 Å². The van der Waals surface area contributed by atoms with E-state index in [1.807, 2.05) is 0 Å². The highest BCUT2D eigenvalue weighted by Gasteiger charge is 2.14. The molecule has 9 nitrogen and oxygen atoms in total. The smallest absolute Gasteiger partial charge is 0.255 e. The van der Waals surface area contributed by atoms with E-state index in [2.05, 4.69) is 25.8 Å². The number of thioether (sulfide) groups is 1. The molecule has 0 fully saturated rings. The van der Waals surface area contributed by atoms with Crippen molar-refractivity contribution in [2.45, 2.75) is 25.9 Å². The summed E-state index contributed by atoms with van der Waals surface area (Å²) in [6.45, 7) is 4.94. The van der Waals surface area contributed by atoms with Crippen LogP contribution < -0.4 is 16.2 Å². The Morgan fingerprint density at radius 2 is 1.89 bits per heavy atom. The van der Waals surface area contributed by atoms with E-state index in [9.17, 15) is 14.4 Å². The van der Waals surface area contributed by atoms with Crippen molar-refractivity contribution < 1.29 is 9.59 Å². The number of fused-ring (bicyclic) bond motifs is 1. The second-order valence-corrected chi connectivity index (χ2v) is 6.85. The fraction of sp³-hybridized carbons (Fsp3) is 0.235. The Morgan fingerprint density at radius 3 is 2.59 bits per heavy atom. The molecule has 0 spiro atoms. The first kappa shape index (κ1) is 18.6. The average Bonchev–Trinajstić information content (AvgIpc) is 3.00. The van der Waals surface area contributed by atoms with E-state index in [4.69, 9.17) is 0 Å². The van der Waals surface area contributed by atoms with Crippen molar-refractivity contribution in [1.29, 1.82) is 0 Å². The Hall–Kier alpha value is -3.14. The zero-order chi connectivity index (χ0) is 19.6. The number of aryl methyl sites for hydroxylation is 1. The molecule has 10 heteroatoms. The quantitative estimate of drug-likeness (QED) is 0.574. The van der Waals surface area contributed by atoms with Crippen LogP contribution in [0.3, 0.4) is 0 Å². The molecule has 2 amide bonds. The lowest BCUT2D eigenvalue weighted by atomic mass is 10.2. The molecule has 0 aliphatic heterocycles. The third-order valence-electron chi connectivity index (χ3n) is 3.88. The van der Waals surface area contributed by atoms with Gasteiger partial charge in [-0.1, -0.05) is 17.8 Å². The Balaban J connectivity index is 1.70. The highest BCUT2D eigenvalue weighted by Crippen LogP contribution is 2.19. The lowest BCUT2D eigenvalue weighted by Crippen LogP contribution is -2.16. The van der Waals surface area contributed by atoms with Crippen LogP contribution >= 0.6 is 11.8 Å². The number of hydrogen-bond donors (Lipinski definition) is 3. The molecule has 0 aliphatic rings. The predicted octanol–water partition coefficient (Wildman–Crippen LogP) is 1.72. The second kappa shape index (κ2) is 7.62. The number of carbonyl (C=O) groups is 2. The molecule has 1 aromatic carbocycles. The minimum atomic E-state index is -0.226. The van der Waals surface area contributed by atoms with E-state index in [1.165, 1.54) is 18.7 Å². The summed E-state index contributed by atoms with van der Waals surface area (Å²) in [5.41, 5.74) is 2.27. The fourth-order valence-corrected chi connectivity index (χ4v) is 3.26. The molecule has 2 heterocycles. The Labute approximate surface area is 158 Å². The molecular formula is C17H18N6O3S. The first-order chi connectivity index (χ1) is 12.8. The molecule has 0 unspecified atom stereocenters. The van der Waals surface area contributed by atoms with Gasteiger partial charge < -0.3 is 10.6 Å². The van der Waals surface area contributed by atoms with Gasteiger partial charge in [-0.15, -0.1) is 10.2 Å². The number of H-pyrrole nitrogens is 1. The number of benzene rings is 1. The van der Waals surface area contributed by atoms with Crippen LogP contribution in [-0.4, -0.2) is 37.1 Å². The number of amides is 2.